The van der Waals surface area contributed by atoms with Crippen molar-refractivity contribution in [2.75, 3.05) is 0 Å². The molecule has 0 spiro atoms. The number of carbonyl (C=O) groups excluding carboxylic acids is 4. The Morgan fingerprint density at radius 2 is 1.00 bits per heavy atom. The van der Waals surface area contributed by atoms with Gasteiger partial charge in [-0.1, -0.05) is 81.1 Å². The smallest absolute Gasteiger partial charge is 0.213 e. The van der Waals surface area contributed by atoms with E-state index in [1.54, 1.807) is 20.8 Å². The lowest BCUT2D eigenvalue weighted by atomic mass is 9.55. The highest BCUT2D eigenvalue weighted by Gasteiger charge is 2.81. The molecule has 10 atom stereocenters. The van der Waals surface area contributed by atoms with Crippen molar-refractivity contribution in [3.8, 4) is 0 Å². The standard InChI is InChI=1S/C30H52O10/c1-9-13-17(5)21(31)22(32)26-28(37,23(33)18(6)14-10-2)30(39,25(35)20(8)16-12-4)29(38,27(36)40-26)24(34)19(7)15-11-3/h17-20,22,26-27,32,36-39H,9-16H2,1-8H3/t17?,18?,19?,20?,22?,26-,27?,28-,29+,30+/m1/s1. The summed E-state index contributed by atoms with van der Waals surface area (Å²) in [5, 5.41) is 59.1. The van der Waals surface area contributed by atoms with Gasteiger partial charge in [-0.3, -0.25) is 19.2 Å². The van der Waals surface area contributed by atoms with Gasteiger partial charge < -0.3 is 30.3 Å². The van der Waals surface area contributed by atoms with Crippen molar-refractivity contribution in [3.05, 3.63) is 0 Å². The average Bonchev–Trinajstić information content (AvgIpc) is 2.91. The molecule has 1 heterocycles. The molecule has 1 aliphatic heterocycles. The van der Waals surface area contributed by atoms with E-state index in [0.29, 0.717) is 32.1 Å². The summed E-state index contributed by atoms with van der Waals surface area (Å²) in [5.74, 6) is -8.40. The molecule has 40 heavy (non-hydrogen) atoms. The van der Waals surface area contributed by atoms with Crippen LogP contribution in [-0.2, 0) is 23.9 Å². The Kier molecular flexibility index (Phi) is 13.3. The molecule has 0 aromatic heterocycles. The molecular weight excluding hydrogens is 520 g/mol. The van der Waals surface area contributed by atoms with E-state index in [2.05, 4.69) is 0 Å². The molecule has 232 valence electrons. The average molecular weight is 573 g/mol. The number of ketones is 4. The first-order valence-corrected chi connectivity index (χ1v) is 14.8. The molecule has 6 unspecified atom stereocenters. The van der Waals surface area contributed by atoms with Gasteiger partial charge in [-0.05, 0) is 25.7 Å². The van der Waals surface area contributed by atoms with Crippen LogP contribution in [-0.4, -0.2) is 84.0 Å². The molecule has 1 saturated heterocycles. The van der Waals surface area contributed by atoms with Gasteiger partial charge in [0.1, 0.15) is 12.2 Å². The van der Waals surface area contributed by atoms with Gasteiger partial charge in [-0.2, -0.15) is 0 Å². The Balaban J connectivity index is 4.16. The van der Waals surface area contributed by atoms with E-state index in [9.17, 15) is 44.7 Å². The van der Waals surface area contributed by atoms with Crippen LogP contribution in [0.1, 0.15) is 107 Å². The number of carbonyl (C=O) groups is 4. The van der Waals surface area contributed by atoms with Gasteiger partial charge in [-0.25, -0.2) is 0 Å². The Morgan fingerprint density at radius 3 is 1.40 bits per heavy atom. The second kappa shape index (κ2) is 14.6. The zero-order valence-electron chi connectivity index (χ0n) is 25.5. The summed E-state index contributed by atoms with van der Waals surface area (Å²) in [6.07, 6.45) is -4.44. The lowest BCUT2D eigenvalue weighted by Crippen LogP contribution is -2.88. The van der Waals surface area contributed by atoms with E-state index in [1.165, 1.54) is 27.7 Å². The predicted octanol–water partition coefficient (Wildman–Crippen LogP) is 2.28. The molecular formula is C30H52O10. The molecule has 10 nitrogen and oxygen atoms in total. The molecule has 1 rings (SSSR count). The monoisotopic (exact) mass is 572 g/mol. The second-order valence-corrected chi connectivity index (χ2v) is 11.9. The zero-order valence-corrected chi connectivity index (χ0v) is 25.5. The highest BCUT2D eigenvalue weighted by Crippen LogP contribution is 2.50. The Morgan fingerprint density at radius 1 is 0.650 bits per heavy atom. The van der Waals surface area contributed by atoms with Gasteiger partial charge in [0, 0.05) is 23.7 Å². The van der Waals surface area contributed by atoms with Crippen LogP contribution in [0.4, 0.5) is 0 Å². The molecule has 1 fully saturated rings. The van der Waals surface area contributed by atoms with E-state index >= 15 is 0 Å². The molecule has 0 aromatic rings. The van der Waals surface area contributed by atoms with Crippen molar-refractivity contribution in [2.45, 2.75) is 142 Å². The number of Topliss-reactive ketones (excluding diaryl/α,β-unsaturated/α-hetero) is 4. The van der Waals surface area contributed by atoms with Gasteiger partial charge in [-0.15, -0.1) is 0 Å². The van der Waals surface area contributed by atoms with Gasteiger partial charge in [0.05, 0.1) is 0 Å². The fourth-order valence-electron chi connectivity index (χ4n) is 6.12. The van der Waals surface area contributed by atoms with Gasteiger partial charge in [0.25, 0.3) is 0 Å². The van der Waals surface area contributed by atoms with Crippen LogP contribution >= 0.6 is 0 Å². The first-order valence-electron chi connectivity index (χ1n) is 14.8. The Bertz CT molecular complexity index is 905. The van der Waals surface area contributed by atoms with Crippen molar-refractivity contribution in [1.29, 1.82) is 0 Å². The van der Waals surface area contributed by atoms with Gasteiger partial charge in [0.2, 0.25) is 11.2 Å². The summed E-state index contributed by atoms with van der Waals surface area (Å²) >= 11 is 0. The van der Waals surface area contributed by atoms with Crippen molar-refractivity contribution in [1.82, 2.24) is 0 Å². The van der Waals surface area contributed by atoms with Crippen LogP contribution < -0.4 is 0 Å². The van der Waals surface area contributed by atoms with Crippen LogP contribution in [0.2, 0.25) is 0 Å². The fourth-order valence-corrected chi connectivity index (χ4v) is 6.12. The summed E-state index contributed by atoms with van der Waals surface area (Å²) in [6, 6.07) is 0. The highest BCUT2D eigenvalue weighted by atomic mass is 16.7. The molecule has 0 bridgehead atoms. The van der Waals surface area contributed by atoms with Crippen molar-refractivity contribution in [2.24, 2.45) is 23.7 Å². The van der Waals surface area contributed by atoms with E-state index in [-0.39, 0.29) is 19.3 Å². The summed E-state index contributed by atoms with van der Waals surface area (Å²) in [5.41, 5.74) is -10.6. The molecule has 10 heteroatoms. The zero-order chi connectivity index (χ0) is 31.2. The van der Waals surface area contributed by atoms with Gasteiger partial charge in [0.15, 0.2) is 35.0 Å². The number of aliphatic hydroxyl groups is 5. The number of ether oxygens (including phenoxy) is 1. The van der Waals surface area contributed by atoms with Crippen LogP contribution in [0, 0.1) is 23.7 Å². The third kappa shape index (κ3) is 6.13. The lowest BCUT2D eigenvalue weighted by molar-refractivity contribution is -0.367. The molecule has 1 aliphatic rings. The third-order valence-corrected chi connectivity index (χ3v) is 8.55. The van der Waals surface area contributed by atoms with Crippen molar-refractivity contribution >= 4 is 23.1 Å². The number of hydrogen-bond donors (Lipinski definition) is 5. The number of hydrogen-bond acceptors (Lipinski definition) is 10. The molecule has 0 aromatic carbocycles. The minimum Gasteiger partial charge on any atom is -0.382 e. The minimum atomic E-state index is -3.65. The molecule has 0 aliphatic carbocycles. The summed E-state index contributed by atoms with van der Waals surface area (Å²) in [4.78, 5) is 55.2. The third-order valence-electron chi connectivity index (χ3n) is 8.55. The lowest BCUT2D eigenvalue weighted by Gasteiger charge is -2.59. The van der Waals surface area contributed by atoms with Crippen LogP contribution in [0.5, 0.6) is 0 Å². The maximum atomic E-state index is 14.1. The molecule has 0 radical (unpaired) electrons. The van der Waals surface area contributed by atoms with E-state index < -0.39 is 82.1 Å². The van der Waals surface area contributed by atoms with Crippen LogP contribution in [0.3, 0.4) is 0 Å². The second-order valence-electron chi connectivity index (χ2n) is 11.9. The van der Waals surface area contributed by atoms with Crippen LogP contribution in [0.25, 0.3) is 0 Å². The topological polar surface area (TPSA) is 179 Å². The molecule has 0 amide bonds. The minimum absolute atomic E-state index is 0.154. The summed E-state index contributed by atoms with van der Waals surface area (Å²) in [6.45, 7) is 12.9. The summed E-state index contributed by atoms with van der Waals surface area (Å²) < 4.78 is 5.44. The Hall–Kier alpha value is -1.56. The SMILES string of the molecule is CCCC(C)C(=O)C(O)[C@H]1OC(O)[C@@](O)(C(=O)C(C)CCC)[C@](O)(C(=O)C(C)CCC)[C@@]1(O)C(=O)C(C)CCC. The van der Waals surface area contributed by atoms with E-state index in [0.717, 1.165) is 0 Å². The van der Waals surface area contributed by atoms with Crippen molar-refractivity contribution in [3.63, 3.8) is 0 Å². The Labute approximate surface area is 238 Å². The fraction of sp³-hybridized carbons (Fsp3) is 0.867. The largest absolute Gasteiger partial charge is 0.382 e. The van der Waals surface area contributed by atoms with Crippen LogP contribution in [0.15, 0.2) is 0 Å². The van der Waals surface area contributed by atoms with E-state index in [4.69, 9.17) is 4.74 Å². The molecule has 5 N–H and O–H groups in total. The first-order chi connectivity index (χ1) is 18.5. The highest BCUT2D eigenvalue weighted by molar-refractivity contribution is 6.08. The van der Waals surface area contributed by atoms with Crippen molar-refractivity contribution < 1.29 is 49.4 Å². The number of aliphatic hydroxyl groups excluding tert-OH is 2. The number of rotatable bonds is 17. The first kappa shape index (κ1) is 36.5. The predicted molar refractivity (Wildman–Crippen MR) is 148 cm³/mol. The maximum Gasteiger partial charge on any atom is 0.213 e. The van der Waals surface area contributed by atoms with E-state index in [1.807, 2.05) is 6.92 Å². The maximum absolute atomic E-state index is 14.1. The normalized spacial score (nSPS) is 32.5. The quantitative estimate of drug-likeness (QED) is 0.174. The summed E-state index contributed by atoms with van der Waals surface area (Å²) in [7, 11) is 0. The van der Waals surface area contributed by atoms with Gasteiger partial charge >= 0.3 is 0 Å². The molecule has 0 saturated carbocycles.